The summed E-state index contributed by atoms with van der Waals surface area (Å²) in [6.07, 6.45) is 1.05. The van der Waals surface area contributed by atoms with Gasteiger partial charge in [-0.3, -0.25) is 4.55 Å². The van der Waals surface area contributed by atoms with Crippen molar-refractivity contribution in [3.05, 3.63) is 11.8 Å². The Labute approximate surface area is 114 Å². The maximum Gasteiger partial charge on any atom is 0.418 e. The molecule has 11 heteroatoms. The van der Waals surface area contributed by atoms with Crippen molar-refractivity contribution in [2.75, 3.05) is 6.54 Å². The zero-order valence-electron chi connectivity index (χ0n) is 10.5. The highest BCUT2D eigenvalue weighted by Gasteiger charge is 2.49. The fourth-order valence-electron chi connectivity index (χ4n) is 2.53. The van der Waals surface area contributed by atoms with E-state index in [9.17, 15) is 13.2 Å². The lowest BCUT2D eigenvalue weighted by molar-refractivity contribution is -0.0317. The number of rotatable bonds is 3. The summed E-state index contributed by atoms with van der Waals surface area (Å²) < 4.78 is 39.8. The Morgan fingerprint density at radius 2 is 2.15 bits per heavy atom. The smallest absolute Gasteiger partial charge is 0.418 e. The molecule has 2 saturated heterocycles. The molecule has 1 aromatic rings. The van der Waals surface area contributed by atoms with Crippen LogP contribution in [0.2, 0.25) is 0 Å². The van der Waals surface area contributed by atoms with E-state index < -0.39 is 28.5 Å². The molecule has 10 nitrogen and oxygen atoms in total. The number of urea groups is 1. The van der Waals surface area contributed by atoms with Crippen molar-refractivity contribution in [2.45, 2.75) is 31.8 Å². The molecule has 110 valence electrons. The minimum atomic E-state index is -4.73. The van der Waals surface area contributed by atoms with E-state index in [4.69, 9.17) is 8.97 Å². The number of fused-ring (bicyclic) bond motifs is 2. The van der Waals surface area contributed by atoms with Crippen LogP contribution in [0.3, 0.4) is 0 Å². The van der Waals surface area contributed by atoms with Crippen LogP contribution in [-0.2, 0) is 14.7 Å². The van der Waals surface area contributed by atoms with E-state index in [1.807, 2.05) is 0 Å². The predicted octanol–water partition coefficient (Wildman–Crippen LogP) is 0.0535. The van der Waals surface area contributed by atoms with Crippen LogP contribution < -0.4 is 0 Å². The minimum Gasteiger partial charge on any atom is -0.423 e. The maximum absolute atomic E-state index is 12.1. The first-order valence-electron chi connectivity index (χ1n) is 5.92. The van der Waals surface area contributed by atoms with Crippen molar-refractivity contribution in [3.8, 4) is 0 Å². The van der Waals surface area contributed by atoms with E-state index in [-0.39, 0.29) is 6.54 Å². The quantitative estimate of drug-likeness (QED) is 0.776. The molecule has 3 heterocycles. The van der Waals surface area contributed by atoms with Crippen LogP contribution in [-0.4, -0.2) is 51.7 Å². The molecular formula is C9H12N4O6S. The molecular weight excluding hydrogens is 292 g/mol. The number of piperidine rings is 1. The predicted molar refractivity (Wildman–Crippen MR) is 61.4 cm³/mol. The van der Waals surface area contributed by atoms with E-state index in [2.05, 4.69) is 14.5 Å². The third kappa shape index (κ3) is 2.23. The first-order chi connectivity index (χ1) is 9.35. The van der Waals surface area contributed by atoms with Crippen LogP contribution in [0.5, 0.6) is 0 Å². The number of nitrogens with zero attached hydrogens (tertiary/aromatic N) is 4. The molecule has 0 spiro atoms. The van der Waals surface area contributed by atoms with Crippen LogP contribution in [0.25, 0.3) is 0 Å². The third-order valence-electron chi connectivity index (χ3n) is 3.32. The van der Waals surface area contributed by atoms with Gasteiger partial charge in [-0.1, -0.05) is 0 Å². The molecule has 2 aliphatic heterocycles. The van der Waals surface area contributed by atoms with Gasteiger partial charge in [0, 0.05) is 13.5 Å². The highest BCUT2D eigenvalue weighted by molar-refractivity contribution is 7.80. The number of aryl methyl sites for hydroxylation is 1. The molecule has 1 aromatic heterocycles. The van der Waals surface area contributed by atoms with Crippen molar-refractivity contribution in [1.29, 1.82) is 0 Å². The second-order valence-corrected chi connectivity index (χ2v) is 5.67. The van der Waals surface area contributed by atoms with Crippen molar-refractivity contribution in [2.24, 2.45) is 0 Å². The summed E-state index contributed by atoms with van der Waals surface area (Å²) in [5, 5.41) is 8.27. The van der Waals surface area contributed by atoms with E-state index >= 15 is 0 Å². The van der Waals surface area contributed by atoms with Crippen LogP contribution >= 0.6 is 0 Å². The molecule has 3 rings (SSSR count). The standard InChI is InChI=1S/C9H12N4O6S/c1-5-10-11-8(18-5)7-3-2-6-4-12(7)9(14)13(6)19-20(15,16)17/h6-7H,2-4H2,1H3,(H,15,16,17)/t6?,7-/m0/s1. The Hall–Kier alpha value is -1.72. The largest absolute Gasteiger partial charge is 0.423 e. The van der Waals surface area contributed by atoms with Crippen LogP contribution in [0.1, 0.15) is 30.7 Å². The summed E-state index contributed by atoms with van der Waals surface area (Å²) in [6, 6.07) is -1.48. The van der Waals surface area contributed by atoms with Gasteiger partial charge >= 0.3 is 16.4 Å². The van der Waals surface area contributed by atoms with Crippen molar-refractivity contribution in [3.63, 3.8) is 0 Å². The fourth-order valence-corrected chi connectivity index (χ4v) is 2.92. The van der Waals surface area contributed by atoms with Gasteiger partial charge in [-0.15, -0.1) is 14.5 Å². The average molecular weight is 304 g/mol. The first kappa shape index (κ1) is 13.3. The van der Waals surface area contributed by atoms with Crippen molar-refractivity contribution < 1.29 is 26.5 Å². The normalized spacial score (nSPS) is 26.4. The van der Waals surface area contributed by atoms with E-state index in [0.29, 0.717) is 29.7 Å². The topological polar surface area (TPSA) is 126 Å². The summed E-state index contributed by atoms with van der Waals surface area (Å²) >= 11 is 0. The molecule has 0 aromatic carbocycles. The third-order valence-corrected chi connectivity index (χ3v) is 3.67. The van der Waals surface area contributed by atoms with E-state index in [1.54, 1.807) is 6.92 Å². The number of hydrogen-bond acceptors (Lipinski definition) is 7. The molecule has 2 amide bonds. The molecule has 2 aliphatic rings. The van der Waals surface area contributed by atoms with Gasteiger partial charge in [0.2, 0.25) is 11.8 Å². The number of aromatic nitrogens is 2. The lowest BCUT2D eigenvalue weighted by Gasteiger charge is -2.27. The first-order valence-corrected chi connectivity index (χ1v) is 7.28. The molecule has 0 radical (unpaired) electrons. The molecule has 1 unspecified atom stereocenters. The van der Waals surface area contributed by atoms with Gasteiger partial charge in [-0.25, -0.2) is 4.79 Å². The van der Waals surface area contributed by atoms with Gasteiger partial charge < -0.3 is 9.32 Å². The van der Waals surface area contributed by atoms with Crippen LogP contribution in [0, 0.1) is 6.92 Å². The van der Waals surface area contributed by atoms with Gasteiger partial charge in [-0.05, 0) is 12.8 Å². The Bertz CT molecular complexity index is 643. The summed E-state index contributed by atoms with van der Waals surface area (Å²) in [5.74, 6) is 0.697. The maximum atomic E-state index is 12.1. The zero-order chi connectivity index (χ0) is 14.5. The number of hydroxylamine groups is 2. The van der Waals surface area contributed by atoms with E-state index in [1.165, 1.54) is 4.90 Å². The molecule has 0 aliphatic carbocycles. The average Bonchev–Trinajstić information content (AvgIpc) is 2.88. The lowest BCUT2D eigenvalue weighted by atomic mass is 10.0. The molecule has 20 heavy (non-hydrogen) atoms. The molecule has 2 fully saturated rings. The van der Waals surface area contributed by atoms with Crippen molar-refractivity contribution >= 4 is 16.4 Å². The molecule has 2 bridgehead atoms. The number of carbonyl (C=O) groups is 1. The van der Waals surface area contributed by atoms with Gasteiger partial charge in [0.1, 0.15) is 6.04 Å². The Morgan fingerprint density at radius 1 is 1.40 bits per heavy atom. The number of carbonyl (C=O) groups excluding carboxylic acids is 1. The van der Waals surface area contributed by atoms with Crippen LogP contribution in [0.4, 0.5) is 4.79 Å². The van der Waals surface area contributed by atoms with Crippen molar-refractivity contribution in [1.82, 2.24) is 20.2 Å². The van der Waals surface area contributed by atoms with Gasteiger partial charge in [-0.2, -0.15) is 13.5 Å². The summed E-state index contributed by atoms with van der Waals surface area (Å²) in [6.45, 7) is 1.92. The Morgan fingerprint density at radius 3 is 2.75 bits per heavy atom. The fraction of sp³-hybridized carbons (Fsp3) is 0.667. The lowest BCUT2D eigenvalue weighted by Crippen LogP contribution is -2.35. The van der Waals surface area contributed by atoms with Crippen LogP contribution in [0.15, 0.2) is 4.42 Å². The summed E-state index contributed by atoms with van der Waals surface area (Å²) in [5.41, 5.74) is 0. The second kappa shape index (κ2) is 4.40. The number of hydrogen-bond donors (Lipinski definition) is 1. The Kier molecular flexibility index (Phi) is 2.92. The summed E-state index contributed by atoms with van der Waals surface area (Å²) in [7, 11) is -4.73. The Balaban J connectivity index is 1.84. The minimum absolute atomic E-state index is 0.278. The second-order valence-electron chi connectivity index (χ2n) is 4.67. The monoisotopic (exact) mass is 304 g/mol. The van der Waals surface area contributed by atoms with Gasteiger partial charge in [0.15, 0.2) is 0 Å². The summed E-state index contributed by atoms with van der Waals surface area (Å²) in [4.78, 5) is 13.5. The van der Waals surface area contributed by atoms with E-state index in [0.717, 1.165) is 0 Å². The molecule has 0 saturated carbocycles. The highest BCUT2D eigenvalue weighted by Crippen LogP contribution is 2.38. The SMILES string of the molecule is Cc1nnc([C@@H]2CCC3CN2C(=O)N3OS(=O)(=O)O)o1. The van der Waals surface area contributed by atoms with Gasteiger partial charge in [0.05, 0.1) is 6.04 Å². The molecule has 2 atom stereocenters. The highest BCUT2D eigenvalue weighted by atomic mass is 32.3. The zero-order valence-corrected chi connectivity index (χ0v) is 11.3. The number of amides is 2. The van der Waals surface area contributed by atoms with Gasteiger partial charge in [0.25, 0.3) is 0 Å². The molecule has 1 N–H and O–H groups in total.